The van der Waals surface area contributed by atoms with Crippen LogP contribution in [0.15, 0.2) is 42.5 Å². The largest absolute Gasteiger partial charge is 0.497 e. The van der Waals surface area contributed by atoms with E-state index in [-0.39, 0.29) is 5.91 Å². The molecular weight excluding hydrogens is 416 g/mol. The number of methoxy groups -OCH3 is 1. The SMILES string of the molecule is CCn1c(-c2ccc(C(=O)NCCCN3CCOCC3)cc2)c(C#N)c2ccc(OC)cc21. The fourth-order valence-corrected chi connectivity index (χ4v) is 4.41. The van der Waals surface area contributed by atoms with Gasteiger partial charge in [-0.25, -0.2) is 0 Å². The van der Waals surface area contributed by atoms with E-state index in [4.69, 9.17) is 9.47 Å². The Morgan fingerprint density at radius 3 is 2.61 bits per heavy atom. The minimum absolute atomic E-state index is 0.0789. The van der Waals surface area contributed by atoms with Crippen LogP contribution in [0.3, 0.4) is 0 Å². The van der Waals surface area contributed by atoms with Crippen LogP contribution in [0.1, 0.15) is 29.3 Å². The van der Waals surface area contributed by atoms with Gasteiger partial charge in [0.1, 0.15) is 11.8 Å². The number of rotatable bonds is 8. The first kappa shape index (κ1) is 22.8. The molecule has 4 rings (SSSR count). The zero-order valence-electron chi connectivity index (χ0n) is 19.3. The molecule has 0 aliphatic carbocycles. The van der Waals surface area contributed by atoms with Gasteiger partial charge in [-0.15, -0.1) is 0 Å². The molecule has 1 N–H and O–H groups in total. The van der Waals surface area contributed by atoms with Gasteiger partial charge in [-0.05, 0) is 49.7 Å². The minimum Gasteiger partial charge on any atom is -0.497 e. The van der Waals surface area contributed by atoms with Crippen LogP contribution >= 0.6 is 0 Å². The second-order valence-electron chi connectivity index (χ2n) is 8.10. The highest BCUT2D eigenvalue weighted by molar-refractivity contribution is 5.97. The highest BCUT2D eigenvalue weighted by Crippen LogP contribution is 2.35. The van der Waals surface area contributed by atoms with E-state index in [2.05, 4.69) is 27.8 Å². The number of ether oxygens (including phenoxy) is 2. The molecule has 1 aromatic heterocycles. The molecule has 0 spiro atoms. The average molecular weight is 447 g/mol. The summed E-state index contributed by atoms with van der Waals surface area (Å²) in [6, 6.07) is 15.6. The summed E-state index contributed by atoms with van der Waals surface area (Å²) in [6.07, 6.45) is 0.912. The number of benzene rings is 2. The summed E-state index contributed by atoms with van der Waals surface area (Å²) in [5.41, 5.74) is 3.98. The number of carbonyl (C=O) groups excluding carboxylic acids is 1. The Bertz CT molecular complexity index is 1150. The Kier molecular flexibility index (Phi) is 7.28. The van der Waals surface area contributed by atoms with Crippen LogP contribution < -0.4 is 10.1 Å². The normalized spacial score (nSPS) is 14.2. The monoisotopic (exact) mass is 446 g/mol. The van der Waals surface area contributed by atoms with Gasteiger partial charge in [-0.1, -0.05) is 12.1 Å². The number of nitrogens with zero attached hydrogens (tertiary/aromatic N) is 3. The molecule has 1 amide bonds. The number of aryl methyl sites for hydroxylation is 1. The molecule has 1 aliphatic rings. The van der Waals surface area contributed by atoms with E-state index < -0.39 is 0 Å². The topological polar surface area (TPSA) is 79.5 Å². The van der Waals surface area contributed by atoms with Crippen LogP contribution in [0.25, 0.3) is 22.2 Å². The fourth-order valence-electron chi connectivity index (χ4n) is 4.41. The molecule has 3 aromatic rings. The molecule has 172 valence electrons. The predicted octanol–water partition coefficient (Wildman–Crippen LogP) is 3.66. The van der Waals surface area contributed by atoms with Crippen molar-refractivity contribution in [1.29, 1.82) is 5.26 Å². The number of morpholine rings is 1. The van der Waals surface area contributed by atoms with Gasteiger partial charge in [-0.2, -0.15) is 5.26 Å². The lowest BCUT2D eigenvalue weighted by Gasteiger charge is -2.26. The number of carbonyl (C=O) groups is 1. The first-order valence-electron chi connectivity index (χ1n) is 11.4. The summed E-state index contributed by atoms with van der Waals surface area (Å²) < 4.78 is 12.9. The average Bonchev–Trinajstić information content (AvgIpc) is 3.19. The number of nitriles is 1. The van der Waals surface area contributed by atoms with Crippen LogP contribution in [0, 0.1) is 11.3 Å². The number of hydrogen-bond acceptors (Lipinski definition) is 5. The summed E-state index contributed by atoms with van der Waals surface area (Å²) >= 11 is 0. The second-order valence-corrected chi connectivity index (χ2v) is 8.10. The zero-order chi connectivity index (χ0) is 23.2. The molecule has 2 aromatic carbocycles. The van der Waals surface area contributed by atoms with E-state index >= 15 is 0 Å². The van der Waals surface area contributed by atoms with Gasteiger partial charge < -0.3 is 19.4 Å². The van der Waals surface area contributed by atoms with Crippen molar-refractivity contribution in [2.75, 3.05) is 46.5 Å². The van der Waals surface area contributed by atoms with Crippen LogP contribution in [0.4, 0.5) is 0 Å². The highest BCUT2D eigenvalue weighted by Gasteiger charge is 2.19. The van der Waals surface area contributed by atoms with Gasteiger partial charge in [0.05, 0.1) is 37.1 Å². The van der Waals surface area contributed by atoms with Gasteiger partial charge in [0.15, 0.2) is 0 Å². The Morgan fingerprint density at radius 1 is 1.18 bits per heavy atom. The third-order valence-electron chi connectivity index (χ3n) is 6.16. The van der Waals surface area contributed by atoms with Crippen molar-refractivity contribution >= 4 is 16.8 Å². The summed E-state index contributed by atoms with van der Waals surface area (Å²) in [5.74, 6) is 0.677. The lowest BCUT2D eigenvalue weighted by Crippen LogP contribution is -2.38. The Hall–Kier alpha value is -3.34. The summed E-state index contributed by atoms with van der Waals surface area (Å²) in [5, 5.41) is 13.8. The van der Waals surface area contributed by atoms with Gasteiger partial charge >= 0.3 is 0 Å². The molecular formula is C26H30N4O3. The highest BCUT2D eigenvalue weighted by atomic mass is 16.5. The number of hydrogen-bond donors (Lipinski definition) is 1. The molecule has 0 bridgehead atoms. The Balaban J connectivity index is 1.48. The van der Waals surface area contributed by atoms with E-state index in [1.165, 1.54) is 0 Å². The molecule has 1 saturated heterocycles. The quantitative estimate of drug-likeness (QED) is 0.534. The molecule has 0 atom stereocenters. The summed E-state index contributed by atoms with van der Waals surface area (Å²) in [6.45, 7) is 7.87. The van der Waals surface area contributed by atoms with Crippen LogP contribution in [-0.4, -0.2) is 61.9 Å². The number of amides is 1. The molecule has 7 heteroatoms. The molecule has 0 radical (unpaired) electrons. The third-order valence-corrected chi connectivity index (χ3v) is 6.16. The lowest BCUT2D eigenvalue weighted by atomic mass is 10.0. The van der Waals surface area contributed by atoms with E-state index in [1.54, 1.807) is 7.11 Å². The smallest absolute Gasteiger partial charge is 0.251 e. The van der Waals surface area contributed by atoms with Gasteiger partial charge in [0.25, 0.3) is 5.91 Å². The molecule has 33 heavy (non-hydrogen) atoms. The maximum absolute atomic E-state index is 12.6. The van der Waals surface area contributed by atoms with Gasteiger partial charge in [0, 0.05) is 43.2 Å². The summed E-state index contributed by atoms with van der Waals surface area (Å²) in [7, 11) is 1.64. The standard InChI is InChI=1S/C26H30N4O3/c1-3-30-24-17-21(32-2)9-10-22(24)23(18-27)25(30)19-5-7-20(8-6-19)26(31)28-11-4-12-29-13-15-33-16-14-29/h5-10,17H,3-4,11-16H2,1-2H3,(H,28,31). The number of aromatic nitrogens is 1. The summed E-state index contributed by atoms with van der Waals surface area (Å²) in [4.78, 5) is 14.9. The minimum atomic E-state index is -0.0789. The zero-order valence-corrected chi connectivity index (χ0v) is 19.3. The van der Waals surface area contributed by atoms with Crippen LogP contribution in [0.2, 0.25) is 0 Å². The van der Waals surface area contributed by atoms with E-state index in [9.17, 15) is 10.1 Å². The van der Waals surface area contributed by atoms with Crippen molar-refractivity contribution in [2.45, 2.75) is 19.9 Å². The molecule has 0 unspecified atom stereocenters. The Labute approximate surface area is 194 Å². The van der Waals surface area contributed by atoms with Crippen LogP contribution in [-0.2, 0) is 11.3 Å². The molecule has 2 heterocycles. The maximum Gasteiger partial charge on any atom is 0.251 e. The van der Waals surface area contributed by atoms with Crippen LogP contribution in [0.5, 0.6) is 5.75 Å². The third kappa shape index (κ3) is 4.87. The maximum atomic E-state index is 12.6. The van der Waals surface area contributed by atoms with Crippen molar-refractivity contribution in [3.05, 3.63) is 53.6 Å². The first-order chi connectivity index (χ1) is 16.2. The van der Waals surface area contributed by atoms with E-state index in [0.29, 0.717) is 24.2 Å². The lowest BCUT2D eigenvalue weighted by molar-refractivity contribution is 0.0374. The van der Waals surface area contributed by atoms with Crippen molar-refractivity contribution in [3.63, 3.8) is 0 Å². The van der Waals surface area contributed by atoms with Crippen molar-refractivity contribution < 1.29 is 14.3 Å². The van der Waals surface area contributed by atoms with Gasteiger partial charge in [0.2, 0.25) is 0 Å². The number of nitrogens with one attached hydrogen (secondary N) is 1. The van der Waals surface area contributed by atoms with E-state index in [1.807, 2.05) is 42.5 Å². The second kappa shape index (κ2) is 10.5. The molecule has 1 fully saturated rings. The van der Waals surface area contributed by atoms with Crippen molar-refractivity contribution in [2.24, 2.45) is 0 Å². The molecule has 1 aliphatic heterocycles. The predicted molar refractivity (Wildman–Crippen MR) is 129 cm³/mol. The van der Waals surface area contributed by atoms with Crippen molar-refractivity contribution in [1.82, 2.24) is 14.8 Å². The van der Waals surface area contributed by atoms with Crippen molar-refractivity contribution in [3.8, 4) is 23.1 Å². The van der Waals surface area contributed by atoms with Gasteiger partial charge in [-0.3, -0.25) is 9.69 Å². The van der Waals surface area contributed by atoms with E-state index in [0.717, 1.165) is 67.2 Å². The fraction of sp³-hybridized carbons (Fsp3) is 0.385. The first-order valence-corrected chi connectivity index (χ1v) is 11.4. The number of fused-ring (bicyclic) bond motifs is 1. The Morgan fingerprint density at radius 2 is 1.94 bits per heavy atom. The molecule has 0 saturated carbocycles. The molecule has 7 nitrogen and oxygen atoms in total.